The zero-order valence-corrected chi connectivity index (χ0v) is 15.4. The van der Waals surface area contributed by atoms with Crippen molar-refractivity contribution in [1.82, 2.24) is 20.1 Å². The second-order valence-corrected chi connectivity index (χ2v) is 6.90. The molecule has 1 N–H and O–H groups in total. The van der Waals surface area contributed by atoms with Gasteiger partial charge in [0.25, 0.3) is 0 Å². The van der Waals surface area contributed by atoms with E-state index < -0.39 is 0 Å². The van der Waals surface area contributed by atoms with Crippen molar-refractivity contribution in [2.24, 2.45) is 0 Å². The maximum absolute atomic E-state index is 12.4. The molecule has 134 valence electrons. The number of benzene rings is 2. The van der Waals surface area contributed by atoms with E-state index in [1.165, 1.54) is 11.8 Å². The molecule has 7 heteroatoms. The second-order valence-electron chi connectivity index (χ2n) is 5.60. The van der Waals surface area contributed by atoms with Gasteiger partial charge in [0.15, 0.2) is 0 Å². The Bertz CT molecular complexity index is 867. The number of para-hydroxylation sites is 2. The Morgan fingerprint density at radius 2 is 1.92 bits per heavy atom. The quantitative estimate of drug-likeness (QED) is 0.649. The van der Waals surface area contributed by atoms with Crippen LogP contribution in [0.2, 0.25) is 0 Å². The van der Waals surface area contributed by atoms with Crippen LogP contribution in [0.3, 0.4) is 0 Å². The lowest BCUT2D eigenvalue weighted by molar-refractivity contribution is -0.120. The van der Waals surface area contributed by atoms with Crippen molar-refractivity contribution < 1.29 is 9.53 Å². The number of methoxy groups -OCH3 is 1. The number of thioether (sulfide) groups is 1. The van der Waals surface area contributed by atoms with E-state index in [0.717, 1.165) is 17.0 Å². The summed E-state index contributed by atoms with van der Waals surface area (Å²) in [7, 11) is 1.62. The SMILES string of the molecule is COc1ccccc1CNC(=O)C(C)Sc1ncn(-c2ccccc2)n1. The van der Waals surface area contributed by atoms with Crippen LogP contribution in [-0.2, 0) is 11.3 Å². The van der Waals surface area contributed by atoms with Gasteiger partial charge in [-0.05, 0) is 25.1 Å². The molecule has 0 radical (unpaired) electrons. The number of ether oxygens (including phenoxy) is 1. The van der Waals surface area contributed by atoms with Gasteiger partial charge in [0.1, 0.15) is 12.1 Å². The fourth-order valence-corrected chi connectivity index (χ4v) is 3.14. The summed E-state index contributed by atoms with van der Waals surface area (Å²) >= 11 is 1.33. The average molecular weight is 368 g/mol. The Kier molecular flexibility index (Phi) is 5.91. The van der Waals surface area contributed by atoms with E-state index in [1.54, 1.807) is 18.1 Å². The molecule has 0 aliphatic carbocycles. The van der Waals surface area contributed by atoms with E-state index in [-0.39, 0.29) is 11.2 Å². The van der Waals surface area contributed by atoms with Crippen LogP contribution in [-0.4, -0.2) is 33.0 Å². The van der Waals surface area contributed by atoms with E-state index in [0.29, 0.717) is 11.7 Å². The Labute approximate surface area is 156 Å². The number of nitrogens with zero attached hydrogens (tertiary/aromatic N) is 3. The number of carbonyl (C=O) groups is 1. The maximum Gasteiger partial charge on any atom is 0.233 e. The van der Waals surface area contributed by atoms with Crippen molar-refractivity contribution >= 4 is 17.7 Å². The fourth-order valence-electron chi connectivity index (χ4n) is 2.39. The Morgan fingerprint density at radius 3 is 2.69 bits per heavy atom. The van der Waals surface area contributed by atoms with Crippen molar-refractivity contribution in [2.75, 3.05) is 7.11 Å². The molecule has 2 aromatic carbocycles. The highest BCUT2D eigenvalue weighted by Gasteiger charge is 2.17. The van der Waals surface area contributed by atoms with Gasteiger partial charge in [-0.2, -0.15) is 0 Å². The monoisotopic (exact) mass is 368 g/mol. The number of carbonyl (C=O) groups excluding carboxylic acids is 1. The van der Waals surface area contributed by atoms with Crippen molar-refractivity contribution in [3.8, 4) is 11.4 Å². The first-order valence-corrected chi connectivity index (χ1v) is 9.08. The lowest BCUT2D eigenvalue weighted by Crippen LogP contribution is -2.30. The number of amides is 1. The van der Waals surface area contributed by atoms with Crippen LogP contribution in [0.25, 0.3) is 5.69 Å². The van der Waals surface area contributed by atoms with Gasteiger partial charge in [-0.1, -0.05) is 48.2 Å². The minimum absolute atomic E-state index is 0.0723. The molecule has 0 spiro atoms. The first-order valence-electron chi connectivity index (χ1n) is 8.20. The summed E-state index contributed by atoms with van der Waals surface area (Å²) in [6, 6.07) is 17.4. The molecule has 0 saturated carbocycles. The summed E-state index contributed by atoms with van der Waals surface area (Å²) in [6.07, 6.45) is 1.65. The summed E-state index contributed by atoms with van der Waals surface area (Å²) < 4.78 is 7.00. The summed E-state index contributed by atoms with van der Waals surface area (Å²) in [4.78, 5) is 16.6. The predicted molar refractivity (Wildman–Crippen MR) is 102 cm³/mol. The van der Waals surface area contributed by atoms with Crippen LogP contribution < -0.4 is 10.1 Å². The van der Waals surface area contributed by atoms with Gasteiger partial charge in [0.2, 0.25) is 11.1 Å². The molecule has 1 atom stereocenters. The molecular weight excluding hydrogens is 348 g/mol. The minimum atomic E-state index is -0.309. The average Bonchev–Trinajstić information content (AvgIpc) is 3.15. The molecule has 3 rings (SSSR count). The normalized spacial score (nSPS) is 11.8. The molecule has 0 aliphatic heterocycles. The maximum atomic E-state index is 12.4. The summed E-state index contributed by atoms with van der Waals surface area (Å²) in [5, 5.41) is 7.60. The van der Waals surface area contributed by atoms with E-state index in [2.05, 4.69) is 15.4 Å². The van der Waals surface area contributed by atoms with Crippen LogP contribution in [0.5, 0.6) is 5.75 Å². The summed E-state index contributed by atoms with van der Waals surface area (Å²) in [5.74, 6) is 0.688. The lowest BCUT2D eigenvalue weighted by atomic mass is 10.2. The van der Waals surface area contributed by atoms with Gasteiger partial charge < -0.3 is 10.1 Å². The van der Waals surface area contributed by atoms with Crippen molar-refractivity contribution in [1.29, 1.82) is 0 Å². The third-order valence-corrected chi connectivity index (χ3v) is 4.75. The molecule has 26 heavy (non-hydrogen) atoms. The molecule has 0 saturated heterocycles. The molecule has 0 fully saturated rings. The molecule has 1 amide bonds. The zero-order valence-electron chi connectivity index (χ0n) is 14.6. The van der Waals surface area contributed by atoms with Crippen LogP contribution in [0.4, 0.5) is 0 Å². The molecule has 0 aliphatic rings. The van der Waals surface area contributed by atoms with Crippen LogP contribution in [0, 0.1) is 0 Å². The molecule has 1 unspecified atom stereocenters. The molecule has 1 aromatic heterocycles. The number of hydrogen-bond donors (Lipinski definition) is 1. The van der Waals surface area contributed by atoms with Crippen LogP contribution in [0.1, 0.15) is 12.5 Å². The Balaban J connectivity index is 1.57. The minimum Gasteiger partial charge on any atom is -0.496 e. The molecular formula is C19H20N4O2S. The van der Waals surface area contributed by atoms with E-state index in [1.807, 2.05) is 61.5 Å². The largest absolute Gasteiger partial charge is 0.496 e. The molecule has 1 heterocycles. The fraction of sp³-hybridized carbons (Fsp3) is 0.211. The molecule has 3 aromatic rings. The van der Waals surface area contributed by atoms with Crippen LogP contribution in [0.15, 0.2) is 66.1 Å². The highest BCUT2D eigenvalue weighted by molar-refractivity contribution is 8.00. The van der Waals surface area contributed by atoms with Gasteiger partial charge in [-0.15, -0.1) is 5.10 Å². The smallest absolute Gasteiger partial charge is 0.233 e. The Morgan fingerprint density at radius 1 is 1.19 bits per heavy atom. The number of rotatable bonds is 7. The zero-order chi connectivity index (χ0) is 18.4. The Hall–Kier alpha value is -2.80. The van der Waals surface area contributed by atoms with E-state index in [9.17, 15) is 4.79 Å². The predicted octanol–water partition coefficient (Wildman–Crippen LogP) is 3.07. The van der Waals surface area contributed by atoms with Gasteiger partial charge in [-0.25, -0.2) is 9.67 Å². The third kappa shape index (κ3) is 4.43. The highest BCUT2D eigenvalue weighted by Crippen LogP contribution is 2.21. The number of aromatic nitrogens is 3. The third-order valence-electron chi connectivity index (χ3n) is 3.79. The van der Waals surface area contributed by atoms with Crippen molar-refractivity contribution in [3.05, 3.63) is 66.5 Å². The lowest BCUT2D eigenvalue weighted by Gasteiger charge is -2.12. The standard InChI is InChI=1S/C19H20N4O2S/c1-14(18(24)20-12-15-8-6-7-11-17(15)25-2)26-19-21-13-23(22-19)16-9-4-3-5-10-16/h3-11,13-14H,12H2,1-2H3,(H,20,24). The summed E-state index contributed by atoms with van der Waals surface area (Å²) in [6.45, 7) is 2.26. The van der Waals surface area contributed by atoms with Crippen LogP contribution >= 0.6 is 11.8 Å². The first kappa shape index (κ1) is 18.0. The van der Waals surface area contributed by atoms with Gasteiger partial charge >= 0.3 is 0 Å². The van der Waals surface area contributed by atoms with Crippen molar-refractivity contribution in [2.45, 2.75) is 23.9 Å². The first-order chi connectivity index (χ1) is 12.7. The van der Waals surface area contributed by atoms with E-state index >= 15 is 0 Å². The molecule has 6 nitrogen and oxygen atoms in total. The summed E-state index contributed by atoms with van der Waals surface area (Å²) in [5.41, 5.74) is 1.87. The van der Waals surface area contributed by atoms with Gasteiger partial charge in [0, 0.05) is 12.1 Å². The highest BCUT2D eigenvalue weighted by atomic mass is 32.2. The van der Waals surface area contributed by atoms with E-state index in [4.69, 9.17) is 4.74 Å². The number of hydrogen-bond acceptors (Lipinski definition) is 5. The van der Waals surface area contributed by atoms with Gasteiger partial charge in [0.05, 0.1) is 18.0 Å². The topological polar surface area (TPSA) is 69.0 Å². The second kappa shape index (κ2) is 8.53. The number of nitrogens with one attached hydrogen (secondary N) is 1. The molecule has 0 bridgehead atoms. The van der Waals surface area contributed by atoms with Gasteiger partial charge in [-0.3, -0.25) is 4.79 Å². The van der Waals surface area contributed by atoms with Crippen molar-refractivity contribution in [3.63, 3.8) is 0 Å².